The van der Waals surface area contributed by atoms with Crippen molar-refractivity contribution in [3.05, 3.63) is 65.5 Å². The van der Waals surface area contributed by atoms with E-state index in [1.54, 1.807) is 12.1 Å². The third-order valence-corrected chi connectivity index (χ3v) is 5.68. The minimum absolute atomic E-state index is 0.101. The maximum atomic E-state index is 14.0. The van der Waals surface area contributed by atoms with Gasteiger partial charge >= 0.3 is 0 Å². The SMILES string of the molecule is COc1ccc(CN2CCN(C(C(=O)NC3CC3)c3ccccc3)CC2)cc1F. The number of piperazine rings is 1. The van der Waals surface area contributed by atoms with Crippen molar-refractivity contribution >= 4 is 5.91 Å². The second-order valence-electron chi connectivity index (χ2n) is 7.88. The molecule has 1 saturated carbocycles. The molecule has 1 saturated heterocycles. The zero-order chi connectivity index (χ0) is 20.2. The maximum Gasteiger partial charge on any atom is 0.242 e. The van der Waals surface area contributed by atoms with Gasteiger partial charge in [0.2, 0.25) is 5.91 Å². The van der Waals surface area contributed by atoms with E-state index in [1.165, 1.54) is 7.11 Å². The summed E-state index contributed by atoms with van der Waals surface area (Å²) < 4.78 is 19.0. The van der Waals surface area contributed by atoms with E-state index in [2.05, 4.69) is 15.1 Å². The third kappa shape index (κ3) is 4.95. The van der Waals surface area contributed by atoms with Crippen LogP contribution in [0.15, 0.2) is 48.5 Å². The summed E-state index contributed by atoms with van der Waals surface area (Å²) in [7, 11) is 1.47. The van der Waals surface area contributed by atoms with Crippen LogP contribution < -0.4 is 10.1 Å². The van der Waals surface area contributed by atoms with Crippen LogP contribution in [0.2, 0.25) is 0 Å². The van der Waals surface area contributed by atoms with Crippen LogP contribution in [0, 0.1) is 5.82 Å². The van der Waals surface area contributed by atoms with Crippen LogP contribution in [-0.4, -0.2) is 55.0 Å². The molecule has 1 amide bonds. The summed E-state index contributed by atoms with van der Waals surface area (Å²) in [6.07, 6.45) is 2.17. The molecule has 2 aromatic rings. The van der Waals surface area contributed by atoms with Crippen molar-refractivity contribution < 1.29 is 13.9 Å². The average molecular weight is 397 g/mol. The first kappa shape index (κ1) is 19.9. The molecule has 1 aliphatic heterocycles. The summed E-state index contributed by atoms with van der Waals surface area (Å²) in [6.45, 7) is 3.98. The number of hydrogen-bond donors (Lipinski definition) is 1. The van der Waals surface area contributed by atoms with Crippen molar-refractivity contribution in [2.75, 3.05) is 33.3 Å². The molecule has 1 atom stereocenters. The fourth-order valence-electron chi connectivity index (χ4n) is 3.92. The summed E-state index contributed by atoms with van der Waals surface area (Å²) in [5, 5.41) is 3.17. The molecular weight excluding hydrogens is 369 g/mol. The molecule has 2 fully saturated rings. The van der Waals surface area contributed by atoms with Gasteiger partial charge < -0.3 is 10.1 Å². The molecule has 5 nitrogen and oxygen atoms in total. The molecule has 0 aromatic heterocycles. The van der Waals surface area contributed by atoms with Gasteiger partial charge in [-0.2, -0.15) is 0 Å². The van der Waals surface area contributed by atoms with Gasteiger partial charge in [0, 0.05) is 38.8 Å². The predicted molar refractivity (Wildman–Crippen MR) is 110 cm³/mol. The highest BCUT2D eigenvalue weighted by atomic mass is 19.1. The molecule has 29 heavy (non-hydrogen) atoms. The monoisotopic (exact) mass is 397 g/mol. The molecular formula is C23H28FN3O2. The minimum atomic E-state index is -0.329. The number of benzene rings is 2. The fraction of sp³-hybridized carbons (Fsp3) is 0.435. The molecule has 0 spiro atoms. The zero-order valence-corrected chi connectivity index (χ0v) is 16.8. The molecule has 1 N–H and O–H groups in total. The lowest BCUT2D eigenvalue weighted by atomic mass is 10.0. The van der Waals surface area contributed by atoms with Crippen molar-refractivity contribution in [3.63, 3.8) is 0 Å². The van der Waals surface area contributed by atoms with Gasteiger partial charge in [0.05, 0.1) is 7.11 Å². The smallest absolute Gasteiger partial charge is 0.242 e. The molecule has 1 aliphatic carbocycles. The third-order valence-electron chi connectivity index (χ3n) is 5.68. The number of nitrogens with zero attached hydrogens (tertiary/aromatic N) is 2. The molecule has 2 aliphatic rings. The normalized spacial score (nSPS) is 19.0. The Balaban J connectivity index is 1.39. The first-order chi connectivity index (χ1) is 14.1. The van der Waals surface area contributed by atoms with Gasteiger partial charge in [-0.3, -0.25) is 14.6 Å². The standard InChI is InChI=1S/C23H28FN3O2/c1-29-21-10-7-17(15-20(21)24)16-26-11-13-27(14-12-26)22(18-5-3-2-4-6-18)23(28)25-19-8-9-19/h2-7,10,15,19,22H,8-9,11-14,16H2,1H3,(H,25,28). The van der Waals surface area contributed by atoms with E-state index in [0.29, 0.717) is 12.6 Å². The lowest BCUT2D eigenvalue weighted by molar-refractivity contribution is -0.127. The van der Waals surface area contributed by atoms with Gasteiger partial charge in [-0.25, -0.2) is 4.39 Å². The minimum Gasteiger partial charge on any atom is -0.494 e. The molecule has 0 bridgehead atoms. The van der Waals surface area contributed by atoms with E-state index in [4.69, 9.17) is 4.74 Å². The molecule has 4 rings (SSSR count). The Morgan fingerprint density at radius 1 is 1.14 bits per heavy atom. The number of halogens is 1. The van der Waals surface area contributed by atoms with Crippen LogP contribution in [0.1, 0.15) is 30.0 Å². The van der Waals surface area contributed by atoms with Crippen LogP contribution in [0.5, 0.6) is 5.75 Å². The van der Waals surface area contributed by atoms with Gasteiger partial charge in [-0.1, -0.05) is 36.4 Å². The summed E-state index contributed by atoms with van der Waals surface area (Å²) in [5.41, 5.74) is 1.97. The molecule has 1 heterocycles. The van der Waals surface area contributed by atoms with Crippen molar-refractivity contribution in [1.29, 1.82) is 0 Å². The number of rotatable bonds is 7. The Hall–Kier alpha value is -2.44. The Morgan fingerprint density at radius 2 is 1.86 bits per heavy atom. The summed E-state index contributed by atoms with van der Waals surface area (Å²) in [5.74, 6) is 0.0415. The summed E-state index contributed by atoms with van der Waals surface area (Å²) >= 11 is 0. The van der Waals surface area contributed by atoms with Crippen LogP contribution >= 0.6 is 0 Å². The topological polar surface area (TPSA) is 44.8 Å². The van der Waals surface area contributed by atoms with Gasteiger partial charge in [0.1, 0.15) is 6.04 Å². The molecule has 1 unspecified atom stereocenters. The van der Waals surface area contributed by atoms with E-state index in [1.807, 2.05) is 36.4 Å². The van der Waals surface area contributed by atoms with Crippen LogP contribution in [0.4, 0.5) is 4.39 Å². The lowest BCUT2D eigenvalue weighted by Gasteiger charge is -2.39. The maximum absolute atomic E-state index is 14.0. The van der Waals surface area contributed by atoms with E-state index in [9.17, 15) is 9.18 Å². The quantitative estimate of drug-likeness (QED) is 0.780. The first-order valence-corrected chi connectivity index (χ1v) is 10.3. The Morgan fingerprint density at radius 3 is 2.48 bits per heavy atom. The van der Waals surface area contributed by atoms with E-state index in [-0.39, 0.29) is 23.5 Å². The number of amides is 1. The number of hydrogen-bond acceptors (Lipinski definition) is 4. The highest BCUT2D eigenvalue weighted by Gasteiger charge is 2.33. The highest BCUT2D eigenvalue weighted by molar-refractivity contribution is 5.83. The Bertz CT molecular complexity index is 833. The Labute approximate surface area is 171 Å². The first-order valence-electron chi connectivity index (χ1n) is 10.3. The second kappa shape index (κ2) is 8.93. The molecule has 154 valence electrons. The number of carbonyl (C=O) groups is 1. The van der Waals surface area contributed by atoms with Gasteiger partial charge in [-0.05, 0) is 36.1 Å². The number of nitrogens with one attached hydrogen (secondary N) is 1. The largest absolute Gasteiger partial charge is 0.494 e. The van der Waals surface area contributed by atoms with E-state index in [0.717, 1.165) is 50.1 Å². The van der Waals surface area contributed by atoms with Crippen molar-refractivity contribution in [2.45, 2.75) is 31.5 Å². The van der Waals surface area contributed by atoms with Crippen LogP contribution in [0.3, 0.4) is 0 Å². The predicted octanol–water partition coefficient (Wildman–Crippen LogP) is 2.97. The van der Waals surface area contributed by atoms with E-state index < -0.39 is 0 Å². The zero-order valence-electron chi connectivity index (χ0n) is 16.8. The summed E-state index contributed by atoms with van der Waals surface area (Å²) in [6, 6.07) is 15.2. The molecule has 6 heteroatoms. The number of methoxy groups -OCH3 is 1. The van der Waals surface area contributed by atoms with Crippen molar-refractivity contribution in [3.8, 4) is 5.75 Å². The molecule has 0 radical (unpaired) electrons. The summed E-state index contributed by atoms with van der Waals surface area (Å²) in [4.78, 5) is 17.5. The van der Waals surface area contributed by atoms with Gasteiger partial charge in [0.15, 0.2) is 11.6 Å². The highest BCUT2D eigenvalue weighted by Crippen LogP contribution is 2.26. The number of carbonyl (C=O) groups excluding carboxylic acids is 1. The van der Waals surface area contributed by atoms with Crippen molar-refractivity contribution in [1.82, 2.24) is 15.1 Å². The Kier molecular flexibility index (Phi) is 6.11. The second-order valence-corrected chi connectivity index (χ2v) is 7.88. The van der Waals surface area contributed by atoms with Crippen LogP contribution in [-0.2, 0) is 11.3 Å². The molecule has 2 aromatic carbocycles. The van der Waals surface area contributed by atoms with E-state index >= 15 is 0 Å². The number of ether oxygens (including phenoxy) is 1. The van der Waals surface area contributed by atoms with Crippen LogP contribution in [0.25, 0.3) is 0 Å². The average Bonchev–Trinajstić information content (AvgIpc) is 3.54. The van der Waals surface area contributed by atoms with Crippen molar-refractivity contribution in [2.24, 2.45) is 0 Å². The fourth-order valence-corrected chi connectivity index (χ4v) is 3.92. The van der Waals surface area contributed by atoms with Gasteiger partial charge in [-0.15, -0.1) is 0 Å². The lowest BCUT2D eigenvalue weighted by Crippen LogP contribution is -2.50. The van der Waals surface area contributed by atoms with Gasteiger partial charge in [0.25, 0.3) is 0 Å².